The van der Waals surface area contributed by atoms with E-state index in [1.54, 1.807) is 43.3 Å². The number of ether oxygens (including phenoxy) is 1. The maximum absolute atomic E-state index is 13.4. The fraction of sp³-hybridized carbons (Fsp3) is 0.148. The molecule has 5 rings (SSSR count). The number of hydrogen-bond donors (Lipinski definition) is 3. The molecule has 0 radical (unpaired) electrons. The average molecular weight is 504 g/mol. The number of H-pyrrole nitrogens is 1. The van der Waals surface area contributed by atoms with Crippen molar-refractivity contribution in [3.05, 3.63) is 87.9 Å². The molecule has 3 N–H and O–H groups in total. The number of Topliss-reactive ketones (excluding diaryl/α,β-unsaturated/α-hetero) is 1. The Kier molecular flexibility index (Phi) is 5.89. The van der Waals surface area contributed by atoms with Gasteiger partial charge < -0.3 is 19.9 Å². The van der Waals surface area contributed by atoms with Gasteiger partial charge in [-0.15, -0.1) is 0 Å². The van der Waals surface area contributed by atoms with Gasteiger partial charge in [0.1, 0.15) is 5.76 Å². The van der Waals surface area contributed by atoms with Crippen LogP contribution < -0.4 is 9.64 Å². The summed E-state index contributed by atoms with van der Waals surface area (Å²) in [6, 6.07) is 15.4. The van der Waals surface area contributed by atoms with E-state index in [0.29, 0.717) is 33.8 Å². The number of phenolic OH excluding ortho intramolecular Hbond substituents is 1. The van der Waals surface area contributed by atoms with Crippen LogP contribution in [0.25, 0.3) is 16.8 Å². The van der Waals surface area contributed by atoms with Gasteiger partial charge in [0.15, 0.2) is 11.5 Å². The Labute approximate surface area is 211 Å². The molecule has 1 aliphatic heterocycles. The zero-order chi connectivity index (χ0) is 25.6. The fourth-order valence-corrected chi connectivity index (χ4v) is 4.45. The maximum Gasteiger partial charge on any atom is 0.302 e. The van der Waals surface area contributed by atoms with Gasteiger partial charge in [0, 0.05) is 10.6 Å². The Morgan fingerprint density at radius 3 is 2.58 bits per heavy atom. The molecule has 1 aliphatic rings. The molecule has 0 saturated carbocycles. The van der Waals surface area contributed by atoms with E-state index in [1.807, 2.05) is 25.1 Å². The van der Waals surface area contributed by atoms with Crippen LogP contribution >= 0.6 is 11.6 Å². The second-order valence-electron chi connectivity index (χ2n) is 8.42. The molecular weight excluding hydrogens is 482 g/mol. The number of phenols is 1. The number of fused-ring (bicyclic) bond motifs is 1. The largest absolute Gasteiger partial charge is 0.507 e. The summed E-state index contributed by atoms with van der Waals surface area (Å²) >= 11 is 5.99. The minimum atomic E-state index is -1.04. The van der Waals surface area contributed by atoms with E-state index >= 15 is 0 Å². The van der Waals surface area contributed by atoms with Crippen LogP contribution in [-0.2, 0) is 9.59 Å². The summed E-state index contributed by atoms with van der Waals surface area (Å²) in [6.07, 6.45) is 0. The number of aromatic hydroxyl groups is 1. The van der Waals surface area contributed by atoms with Gasteiger partial charge in [0.2, 0.25) is 5.95 Å². The molecule has 4 aromatic rings. The number of aryl methyl sites for hydroxylation is 1. The molecule has 3 aromatic carbocycles. The van der Waals surface area contributed by atoms with Gasteiger partial charge in [-0.25, -0.2) is 4.98 Å². The van der Waals surface area contributed by atoms with Crippen LogP contribution in [0, 0.1) is 6.92 Å². The highest BCUT2D eigenvalue weighted by molar-refractivity contribution is 6.51. The molecule has 182 valence electrons. The van der Waals surface area contributed by atoms with Crippen molar-refractivity contribution >= 4 is 46.0 Å². The van der Waals surface area contributed by atoms with Crippen molar-refractivity contribution in [3.63, 3.8) is 0 Å². The number of carbonyl (C=O) groups is 2. The third kappa shape index (κ3) is 3.95. The molecule has 1 unspecified atom stereocenters. The van der Waals surface area contributed by atoms with E-state index in [0.717, 1.165) is 5.56 Å². The van der Waals surface area contributed by atoms with Crippen molar-refractivity contribution in [2.45, 2.75) is 19.9 Å². The number of benzene rings is 3. The number of hydrogen-bond acceptors (Lipinski definition) is 6. The zero-order valence-electron chi connectivity index (χ0n) is 19.4. The lowest BCUT2D eigenvalue weighted by atomic mass is 9.95. The first-order valence-corrected chi connectivity index (χ1v) is 11.6. The third-order valence-electron chi connectivity index (χ3n) is 6.01. The molecule has 1 fully saturated rings. The van der Waals surface area contributed by atoms with Crippen LogP contribution in [0.2, 0.25) is 5.02 Å². The van der Waals surface area contributed by atoms with Crippen molar-refractivity contribution in [1.29, 1.82) is 0 Å². The number of aliphatic hydroxyl groups excluding tert-OH is 1. The molecule has 36 heavy (non-hydrogen) atoms. The lowest BCUT2D eigenvalue weighted by Crippen LogP contribution is -2.30. The maximum atomic E-state index is 13.4. The van der Waals surface area contributed by atoms with Crippen molar-refractivity contribution in [3.8, 4) is 11.5 Å². The SMILES string of the molecule is CCOc1cc(C2/C(=C(\O)c3ccc(Cl)cc3)C(=O)C(=O)N2c2nc3ccc(C)cc3[nH]2)ccc1O. The molecule has 0 aliphatic carbocycles. The Morgan fingerprint density at radius 1 is 1.11 bits per heavy atom. The number of ketones is 1. The molecule has 9 heteroatoms. The number of anilines is 1. The van der Waals surface area contributed by atoms with Crippen LogP contribution in [0.15, 0.2) is 66.2 Å². The number of rotatable bonds is 5. The molecule has 1 amide bonds. The second kappa shape index (κ2) is 9.05. The quantitative estimate of drug-likeness (QED) is 0.194. The smallest absolute Gasteiger partial charge is 0.302 e. The van der Waals surface area contributed by atoms with Gasteiger partial charge in [-0.3, -0.25) is 14.5 Å². The molecule has 0 bridgehead atoms. The number of aromatic amines is 1. The Morgan fingerprint density at radius 2 is 1.86 bits per heavy atom. The standard InChI is InChI=1S/C27H22ClN3O5/c1-3-36-21-13-16(7-11-20(21)32)23-22(24(33)15-5-8-17(28)9-6-15)25(34)26(35)31(23)27-29-18-10-4-14(2)12-19(18)30-27/h4-13,23,32-33H,3H2,1-2H3,(H,29,30)/b24-22+. The average Bonchev–Trinajstić information content (AvgIpc) is 3.38. The molecule has 2 heterocycles. The first kappa shape index (κ1) is 23.4. The Hall–Kier alpha value is -4.30. The second-order valence-corrected chi connectivity index (χ2v) is 8.85. The fourth-order valence-electron chi connectivity index (χ4n) is 4.33. The molecule has 1 atom stereocenters. The number of nitrogens with one attached hydrogen (secondary N) is 1. The first-order valence-electron chi connectivity index (χ1n) is 11.3. The predicted molar refractivity (Wildman–Crippen MR) is 136 cm³/mol. The van der Waals surface area contributed by atoms with Crippen LogP contribution in [-0.4, -0.2) is 38.5 Å². The lowest BCUT2D eigenvalue weighted by molar-refractivity contribution is -0.132. The number of aliphatic hydroxyl groups is 1. The zero-order valence-corrected chi connectivity index (χ0v) is 20.2. The summed E-state index contributed by atoms with van der Waals surface area (Å²) in [6.45, 7) is 4.00. The molecule has 1 saturated heterocycles. The molecule has 1 aromatic heterocycles. The third-order valence-corrected chi connectivity index (χ3v) is 6.27. The Bertz CT molecular complexity index is 1540. The Balaban J connectivity index is 1.74. The van der Waals surface area contributed by atoms with Crippen LogP contribution in [0.1, 0.15) is 29.7 Å². The summed E-state index contributed by atoms with van der Waals surface area (Å²) in [4.78, 5) is 35.6. The van der Waals surface area contributed by atoms with Gasteiger partial charge in [-0.1, -0.05) is 23.7 Å². The number of nitrogens with zero attached hydrogens (tertiary/aromatic N) is 2. The number of imidazole rings is 1. The molecule has 8 nitrogen and oxygen atoms in total. The number of halogens is 1. The summed E-state index contributed by atoms with van der Waals surface area (Å²) < 4.78 is 5.53. The van der Waals surface area contributed by atoms with Crippen molar-refractivity contribution < 1.29 is 24.5 Å². The highest BCUT2D eigenvalue weighted by Crippen LogP contribution is 2.43. The minimum Gasteiger partial charge on any atom is -0.507 e. The van der Waals surface area contributed by atoms with Crippen LogP contribution in [0.3, 0.4) is 0 Å². The number of carbonyl (C=O) groups excluding carboxylic acids is 2. The number of amides is 1. The van der Waals surface area contributed by atoms with Gasteiger partial charge in [-0.05, 0) is 73.5 Å². The topological polar surface area (TPSA) is 116 Å². The van der Waals surface area contributed by atoms with E-state index in [2.05, 4.69) is 9.97 Å². The highest BCUT2D eigenvalue weighted by Gasteiger charge is 2.48. The summed E-state index contributed by atoms with van der Waals surface area (Å²) in [5, 5.41) is 21.9. The van der Waals surface area contributed by atoms with Gasteiger partial charge in [0.25, 0.3) is 5.78 Å². The van der Waals surface area contributed by atoms with E-state index in [4.69, 9.17) is 16.3 Å². The van der Waals surface area contributed by atoms with Crippen molar-refractivity contribution in [2.75, 3.05) is 11.5 Å². The van der Waals surface area contributed by atoms with Crippen molar-refractivity contribution in [1.82, 2.24) is 9.97 Å². The van der Waals surface area contributed by atoms with Crippen molar-refractivity contribution in [2.24, 2.45) is 0 Å². The van der Waals surface area contributed by atoms with Crippen LogP contribution in [0.5, 0.6) is 11.5 Å². The summed E-state index contributed by atoms with van der Waals surface area (Å²) in [5.41, 5.74) is 2.97. The van der Waals surface area contributed by atoms with Gasteiger partial charge >= 0.3 is 5.91 Å². The summed E-state index contributed by atoms with van der Waals surface area (Å²) in [5.74, 6) is -1.81. The highest BCUT2D eigenvalue weighted by atomic mass is 35.5. The van der Waals surface area contributed by atoms with Crippen LogP contribution in [0.4, 0.5) is 5.95 Å². The summed E-state index contributed by atoms with van der Waals surface area (Å²) in [7, 11) is 0. The van der Waals surface area contributed by atoms with E-state index in [9.17, 15) is 19.8 Å². The van der Waals surface area contributed by atoms with E-state index in [-0.39, 0.29) is 28.8 Å². The number of aromatic nitrogens is 2. The minimum absolute atomic E-state index is 0.0885. The predicted octanol–water partition coefficient (Wildman–Crippen LogP) is 5.26. The monoisotopic (exact) mass is 503 g/mol. The van der Waals surface area contributed by atoms with Gasteiger partial charge in [-0.2, -0.15) is 0 Å². The van der Waals surface area contributed by atoms with Gasteiger partial charge in [0.05, 0.1) is 29.3 Å². The molecule has 0 spiro atoms. The van der Waals surface area contributed by atoms with E-state index < -0.39 is 17.7 Å². The van der Waals surface area contributed by atoms with E-state index in [1.165, 1.54) is 11.0 Å². The first-order chi connectivity index (χ1) is 17.3. The lowest BCUT2D eigenvalue weighted by Gasteiger charge is -2.23. The molecular formula is C27H22ClN3O5. The normalized spacial score (nSPS) is 17.2.